The van der Waals surface area contributed by atoms with E-state index in [1.165, 1.54) is 6.20 Å². The van der Waals surface area contributed by atoms with Gasteiger partial charge in [-0.15, -0.1) is 10.2 Å². The minimum atomic E-state index is -2.71. The second-order valence-corrected chi connectivity index (χ2v) is 11.8. The number of rotatable bonds is 5. The maximum Gasteiger partial charge on any atom is 0.263 e. The van der Waals surface area contributed by atoms with Crippen LogP contribution in [0.3, 0.4) is 0 Å². The summed E-state index contributed by atoms with van der Waals surface area (Å²) in [6.45, 7) is 3.71. The largest absolute Gasteiger partial charge is 0.340 e. The summed E-state index contributed by atoms with van der Waals surface area (Å²) in [5.74, 6) is -1.26. The van der Waals surface area contributed by atoms with Gasteiger partial charge in [-0.25, -0.2) is 23.1 Å². The third-order valence-corrected chi connectivity index (χ3v) is 8.61. The van der Waals surface area contributed by atoms with Crippen LogP contribution in [0.4, 0.5) is 19.1 Å². The molecule has 2 aliphatic carbocycles. The van der Waals surface area contributed by atoms with Gasteiger partial charge in [-0.2, -0.15) is 0 Å². The number of nitrogens with zero attached hydrogens (tertiary/aromatic N) is 7. The lowest BCUT2D eigenvalue weighted by molar-refractivity contribution is -0.0558. The molecule has 0 N–H and O–H groups in total. The Bertz CT molecular complexity index is 1370. The number of aromatic nitrogens is 5. The van der Waals surface area contributed by atoms with E-state index < -0.39 is 17.7 Å². The first kappa shape index (κ1) is 23.4. The monoisotopic (exact) mass is 529 g/mol. The van der Waals surface area contributed by atoms with Gasteiger partial charge >= 0.3 is 0 Å². The van der Waals surface area contributed by atoms with Crippen LogP contribution < -0.4 is 4.90 Å². The fourth-order valence-corrected chi connectivity index (χ4v) is 6.52. The summed E-state index contributed by atoms with van der Waals surface area (Å²) in [4.78, 5) is 12.3. The smallest absolute Gasteiger partial charge is 0.263 e. The van der Waals surface area contributed by atoms with Crippen molar-refractivity contribution in [3.05, 3.63) is 58.1 Å². The average Bonchev–Trinajstić information content (AvgIpc) is 3.59. The van der Waals surface area contributed by atoms with Gasteiger partial charge in [0.1, 0.15) is 5.82 Å². The second kappa shape index (κ2) is 8.14. The van der Waals surface area contributed by atoms with Gasteiger partial charge in [-0.05, 0) is 56.4 Å². The molecule has 7 nitrogen and oxygen atoms in total. The van der Waals surface area contributed by atoms with Crippen LogP contribution >= 0.6 is 11.6 Å². The first-order valence-corrected chi connectivity index (χ1v) is 13.1. The SMILES string of the molecule is Cc1nc(N2CC3(CC(c4nnc5n4-c4ccc(Cl)cc4CN(CC(F)(F)C4CC4)C5)C3)C2)ncc1F. The zero-order chi connectivity index (χ0) is 25.5. The van der Waals surface area contributed by atoms with E-state index >= 15 is 0 Å². The zero-order valence-corrected chi connectivity index (χ0v) is 21.2. The molecule has 2 aromatic heterocycles. The molecule has 1 spiro atoms. The minimum Gasteiger partial charge on any atom is -0.340 e. The van der Waals surface area contributed by atoms with Crippen molar-refractivity contribution in [3.8, 4) is 5.69 Å². The van der Waals surface area contributed by atoms with Crippen LogP contribution in [0.25, 0.3) is 5.69 Å². The van der Waals surface area contributed by atoms with Crippen molar-refractivity contribution in [2.45, 2.75) is 57.5 Å². The summed E-state index contributed by atoms with van der Waals surface area (Å²) < 4.78 is 45.1. The van der Waals surface area contributed by atoms with Gasteiger partial charge in [0.25, 0.3) is 5.92 Å². The van der Waals surface area contributed by atoms with E-state index in [1.54, 1.807) is 11.8 Å². The van der Waals surface area contributed by atoms with Crippen molar-refractivity contribution >= 4 is 17.5 Å². The van der Waals surface area contributed by atoms with Crippen LogP contribution in [0.5, 0.6) is 0 Å². The summed E-state index contributed by atoms with van der Waals surface area (Å²) in [5.41, 5.74) is 2.34. The van der Waals surface area contributed by atoms with Crippen molar-refractivity contribution < 1.29 is 13.2 Å². The molecule has 1 saturated heterocycles. The van der Waals surface area contributed by atoms with Crippen molar-refractivity contribution in [1.82, 2.24) is 29.6 Å². The second-order valence-electron chi connectivity index (χ2n) is 11.3. The predicted octanol–water partition coefficient (Wildman–Crippen LogP) is 4.90. The van der Waals surface area contributed by atoms with Crippen molar-refractivity contribution in [2.24, 2.45) is 11.3 Å². The molecular weight excluding hydrogens is 503 g/mol. The highest BCUT2D eigenvalue weighted by Crippen LogP contribution is 2.56. The predicted molar refractivity (Wildman–Crippen MR) is 132 cm³/mol. The van der Waals surface area contributed by atoms with Gasteiger partial charge in [-0.1, -0.05) is 11.6 Å². The molecule has 0 radical (unpaired) electrons. The molecule has 1 aromatic carbocycles. The van der Waals surface area contributed by atoms with Gasteiger partial charge < -0.3 is 4.90 Å². The Morgan fingerprint density at radius 2 is 1.92 bits per heavy atom. The Labute approximate surface area is 217 Å². The lowest BCUT2D eigenvalue weighted by Gasteiger charge is -2.58. The molecular formula is C26H27ClF3N7. The molecule has 0 atom stereocenters. The first-order chi connectivity index (χ1) is 17.7. The highest BCUT2D eigenvalue weighted by atomic mass is 35.5. The number of halogens is 4. The molecule has 7 rings (SSSR count). The molecule has 0 unspecified atom stereocenters. The fraction of sp³-hybridized carbons (Fsp3) is 0.538. The van der Waals surface area contributed by atoms with Gasteiger partial charge in [0.15, 0.2) is 11.6 Å². The number of alkyl halides is 2. The van der Waals surface area contributed by atoms with Crippen molar-refractivity contribution in [3.63, 3.8) is 0 Å². The van der Waals surface area contributed by atoms with Gasteiger partial charge in [0.2, 0.25) is 5.95 Å². The standard InChI is InChI=1S/C26H27ClF3N7/c1-15-20(28)9-31-24(32-15)36-12-25(13-36)7-17(8-25)23-34-33-22-11-35(14-26(29,30)18-2-3-18)10-16-6-19(27)4-5-21(16)37(22)23/h4-6,9,17-18H,2-3,7-8,10-14H2,1H3. The summed E-state index contributed by atoms with van der Waals surface area (Å²) in [6, 6.07) is 5.65. The molecule has 37 heavy (non-hydrogen) atoms. The van der Waals surface area contributed by atoms with E-state index in [-0.39, 0.29) is 17.9 Å². The van der Waals surface area contributed by atoms with Crippen LogP contribution in [-0.2, 0) is 13.1 Å². The molecule has 4 heterocycles. The number of anilines is 1. The third kappa shape index (κ3) is 4.00. The Hall–Kier alpha value is -2.72. The third-order valence-electron chi connectivity index (χ3n) is 8.37. The van der Waals surface area contributed by atoms with Crippen LogP contribution in [-0.4, -0.2) is 55.2 Å². The molecule has 4 aliphatic rings. The summed E-state index contributed by atoms with van der Waals surface area (Å²) in [6.07, 6.45) is 4.32. The fourth-order valence-electron chi connectivity index (χ4n) is 6.32. The van der Waals surface area contributed by atoms with Crippen LogP contribution in [0.1, 0.15) is 54.5 Å². The Morgan fingerprint density at radius 1 is 1.14 bits per heavy atom. The maximum absolute atomic E-state index is 14.7. The number of hydrogen-bond acceptors (Lipinski definition) is 6. The molecule has 0 amide bonds. The first-order valence-electron chi connectivity index (χ1n) is 12.8. The highest BCUT2D eigenvalue weighted by Gasteiger charge is 2.55. The maximum atomic E-state index is 14.7. The van der Waals surface area contributed by atoms with Crippen LogP contribution in [0.2, 0.25) is 5.02 Å². The minimum absolute atomic E-state index is 0.161. The summed E-state index contributed by atoms with van der Waals surface area (Å²) >= 11 is 6.32. The van der Waals surface area contributed by atoms with Gasteiger partial charge in [0.05, 0.1) is 30.7 Å². The summed E-state index contributed by atoms with van der Waals surface area (Å²) in [5, 5.41) is 9.64. The van der Waals surface area contributed by atoms with Crippen molar-refractivity contribution in [1.29, 1.82) is 0 Å². The van der Waals surface area contributed by atoms with Gasteiger partial charge in [-0.3, -0.25) is 9.47 Å². The quantitative estimate of drug-likeness (QED) is 0.468. The topological polar surface area (TPSA) is 63.0 Å². The average molecular weight is 530 g/mol. The highest BCUT2D eigenvalue weighted by molar-refractivity contribution is 6.30. The van der Waals surface area contributed by atoms with Crippen LogP contribution in [0.15, 0.2) is 24.4 Å². The lowest BCUT2D eigenvalue weighted by atomic mass is 9.57. The van der Waals surface area contributed by atoms with E-state index in [9.17, 15) is 13.2 Å². The molecule has 0 bridgehead atoms. The molecule has 3 fully saturated rings. The molecule has 11 heteroatoms. The summed E-state index contributed by atoms with van der Waals surface area (Å²) in [7, 11) is 0. The lowest BCUT2D eigenvalue weighted by Crippen LogP contribution is -2.62. The van der Waals surface area contributed by atoms with E-state index in [0.29, 0.717) is 48.4 Å². The van der Waals surface area contributed by atoms with Crippen LogP contribution in [0, 0.1) is 24.1 Å². The van der Waals surface area contributed by atoms with E-state index in [4.69, 9.17) is 11.6 Å². The number of benzene rings is 1. The number of aryl methyl sites for hydroxylation is 1. The number of hydrogen-bond donors (Lipinski definition) is 0. The molecule has 2 saturated carbocycles. The number of fused-ring (bicyclic) bond motifs is 3. The molecule has 3 aromatic rings. The van der Waals surface area contributed by atoms with Crippen molar-refractivity contribution in [2.75, 3.05) is 24.5 Å². The van der Waals surface area contributed by atoms with E-state index in [1.807, 2.05) is 18.2 Å². The Morgan fingerprint density at radius 3 is 2.65 bits per heavy atom. The van der Waals surface area contributed by atoms with Gasteiger partial charge in [0, 0.05) is 41.9 Å². The molecule has 2 aliphatic heterocycles. The molecule has 194 valence electrons. The van der Waals surface area contributed by atoms with E-state index in [2.05, 4.69) is 29.6 Å². The Kier molecular flexibility index (Phi) is 5.15. The zero-order valence-electron chi connectivity index (χ0n) is 20.5. The normalized spacial score (nSPS) is 21.3. The Balaban J connectivity index is 1.12. The van der Waals surface area contributed by atoms with E-state index in [0.717, 1.165) is 43.0 Å².